The summed E-state index contributed by atoms with van der Waals surface area (Å²) in [7, 11) is -0.665. The Bertz CT molecular complexity index is 586. The molecule has 112 valence electrons. The molecule has 0 fully saturated rings. The van der Waals surface area contributed by atoms with Gasteiger partial charge in [-0.15, -0.1) is 0 Å². The van der Waals surface area contributed by atoms with Crippen LogP contribution in [0, 0.1) is 5.92 Å². The number of hydrogen-bond donors (Lipinski definition) is 3. The van der Waals surface area contributed by atoms with E-state index in [1.54, 1.807) is 14.0 Å². The monoisotopic (exact) mass is 301 g/mol. The summed E-state index contributed by atoms with van der Waals surface area (Å²) in [5.41, 5.74) is 0.270. The molecule has 1 atom stereocenters. The van der Waals surface area contributed by atoms with E-state index in [4.69, 9.17) is 9.88 Å². The van der Waals surface area contributed by atoms with Crippen LogP contribution >= 0.6 is 0 Å². The highest BCUT2D eigenvalue weighted by atomic mass is 32.2. The zero-order valence-corrected chi connectivity index (χ0v) is 12.5. The molecule has 1 aromatic carbocycles. The van der Waals surface area contributed by atoms with Crippen LogP contribution in [0.2, 0.25) is 0 Å². The Morgan fingerprint density at radius 1 is 1.45 bits per heavy atom. The maximum atomic E-state index is 11.9. The van der Waals surface area contributed by atoms with Crippen molar-refractivity contribution in [2.24, 2.45) is 11.1 Å². The molecule has 0 aliphatic carbocycles. The Hall–Kier alpha value is -1.64. The summed E-state index contributed by atoms with van der Waals surface area (Å²) in [4.78, 5) is 11.9. The van der Waals surface area contributed by atoms with Crippen molar-refractivity contribution in [2.75, 3.05) is 26.0 Å². The fraction of sp³-hybridized carbons (Fsp3) is 0.417. The van der Waals surface area contributed by atoms with Gasteiger partial charge in [-0.25, -0.2) is 13.6 Å². The fourth-order valence-corrected chi connectivity index (χ4v) is 2.16. The molecule has 0 heterocycles. The molecule has 20 heavy (non-hydrogen) atoms. The maximum absolute atomic E-state index is 11.9. The van der Waals surface area contributed by atoms with Gasteiger partial charge in [0.2, 0.25) is 15.9 Å². The molecule has 1 aromatic rings. The molecule has 8 heteroatoms. The van der Waals surface area contributed by atoms with E-state index in [-0.39, 0.29) is 22.4 Å². The Morgan fingerprint density at radius 3 is 2.60 bits per heavy atom. The predicted molar refractivity (Wildman–Crippen MR) is 76.1 cm³/mol. The highest BCUT2D eigenvalue weighted by Gasteiger charge is 2.17. The Morgan fingerprint density at radius 2 is 2.10 bits per heavy atom. The standard InChI is InChI=1S/C12H19N3O4S/c1-8(7-14-2)12(16)15-10-6-9(20(13,17)18)4-5-11(10)19-3/h4-6,8,14H,7H2,1-3H3,(H,15,16)(H2,13,17,18). The van der Waals surface area contributed by atoms with Crippen molar-refractivity contribution >= 4 is 21.6 Å². The molecule has 1 unspecified atom stereocenters. The first-order valence-corrected chi connectivity index (χ1v) is 7.50. The van der Waals surface area contributed by atoms with Crippen LogP contribution in [0.15, 0.2) is 23.1 Å². The van der Waals surface area contributed by atoms with Gasteiger partial charge in [0.15, 0.2) is 0 Å². The van der Waals surface area contributed by atoms with E-state index < -0.39 is 10.0 Å². The van der Waals surface area contributed by atoms with Crippen LogP contribution in [0.5, 0.6) is 5.75 Å². The van der Waals surface area contributed by atoms with Crippen LogP contribution in [-0.4, -0.2) is 35.0 Å². The second-order valence-electron chi connectivity index (χ2n) is 4.36. The lowest BCUT2D eigenvalue weighted by molar-refractivity contribution is -0.119. The first-order chi connectivity index (χ1) is 9.29. The highest BCUT2D eigenvalue weighted by Crippen LogP contribution is 2.27. The number of carbonyl (C=O) groups is 1. The zero-order chi connectivity index (χ0) is 15.3. The molecule has 0 aliphatic heterocycles. The van der Waals surface area contributed by atoms with E-state index >= 15 is 0 Å². The number of nitrogens with two attached hydrogens (primary N) is 1. The summed E-state index contributed by atoms with van der Waals surface area (Å²) in [5.74, 6) is -0.158. The number of ether oxygens (including phenoxy) is 1. The molecular weight excluding hydrogens is 282 g/mol. The Labute approximate surface area is 118 Å². The number of nitrogens with one attached hydrogen (secondary N) is 2. The molecule has 0 aliphatic rings. The van der Waals surface area contributed by atoms with E-state index in [1.165, 1.54) is 25.3 Å². The zero-order valence-electron chi connectivity index (χ0n) is 11.6. The molecule has 4 N–H and O–H groups in total. The second-order valence-corrected chi connectivity index (χ2v) is 5.92. The normalized spacial score (nSPS) is 12.8. The maximum Gasteiger partial charge on any atom is 0.238 e. The molecule has 0 saturated carbocycles. The molecule has 0 bridgehead atoms. The number of amides is 1. The number of hydrogen-bond acceptors (Lipinski definition) is 5. The van der Waals surface area contributed by atoms with Gasteiger partial charge in [-0.2, -0.15) is 0 Å². The number of methoxy groups -OCH3 is 1. The summed E-state index contributed by atoms with van der Waals surface area (Å²) in [6.45, 7) is 2.25. The van der Waals surface area contributed by atoms with Crippen molar-refractivity contribution in [2.45, 2.75) is 11.8 Å². The molecular formula is C12H19N3O4S. The number of carbonyl (C=O) groups excluding carboxylic acids is 1. The van der Waals surface area contributed by atoms with Crippen LogP contribution in [0.1, 0.15) is 6.92 Å². The quantitative estimate of drug-likeness (QED) is 0.692. The third-order valence-electron chi connectivity index (χ3n) is 2.72. The molecule has 1 amide bonds. The summed E-state index contributed by atoms with van der Waals surface area (Å²) in [6, 6.07) is 4.04. The van der Waals surface area contributed by atoms with E-state index in [1.807, 2.05) is 0 Å². The van der Waals surface area contributed by atoms with E-state index in [0.717, 1.165) is 0 Å². The molecule has 0 radical (unpaired) electrons. The van der Waals surface area contributed by atoms with Gasteiger partial charge < -0.3 is 15.4 Å². The van der Waals surface area contributed by atoms with Crippen molar-refractivity contribution in [3.8, 4) is 5.75 Å². The van der Waals surface area contributed by atoms with Crippen molar-refractivity contribution in [3.05, 3.63) is 18.2 Å². The van der Waals surface area contributed by atoms with Gasteiger partial charge in [-0.05, 0) is 25.2 Å². The first-order valence-electron chi connectivity index (χ1n) is 5.96. The average molecular weight is 301 g/mol. The third kappa shape index (κ3) is 4.19. The molecule has 0 aromatic heterocycles. The summed E-state index contributed by atoms with van der Waals surface area (Å²) < 4.78 is 27.7. The van der Waals surface area contributed by atoms with E-state index in [9.17, 15) is 13.2 Å². The summed E-state index contributed by atoms with van der Waals surface area (Å²) in [6.07, 6.45) is 0. The average Bonchev–Trinajstić information content (AvgIpc) is 2.37. The van der Waals surface area contributed by atoms with Crippen LogP contribution in [0.4, 0.5) is 5.69 Å². The van der Waals surface area contributed by atoms with Crippen LogP contribution < -0.4 is 20.5 Å². The minimum absolute atomic E-state index is 0.0881. The number of anilines is 1. The van der Waals surface area contributed by atoms with Gasteiger partial charge in [-0.1, -0.05) is 6.92 Å². The lowest BCUT2D eigenvalue weighted by atomic mass is 10.1. The van der Waals surface area contributed by atoms with Gasteiger partial charge in [0, 0.05) is 12.5 Å². The van der Waals surface area contributed by atoms with Crippen molar-refractivity contribution in [1.29, 1.82) is 0 Å². The minimum atomic E-state index is -3.84. The van der Waals surface area contributed by atoms with E-state index in [2.05, 4.69) is 10.6 Å². The van der Waals surface area contributed by atoms with Gasteiger partial charge >= 0.3 is 0 Å². The smallest absolute Gasteiger partial charge is 0.238 e. The van der Waals surface area contributed by atoms with Gasteiger partial charge in [0.25, 0.3) is 0 Å². The Balaban J connectivity index is 3.06. The van der Waals surface area contributed by atoms with Crippen LogP contribution in [-0.2, 0) is 14.8 Å². The van der Waals surface area contributed by atoms with Gasteiger partial charge in [-0.3, -0.25) is 4.79 Å². The SMILES string of the molecule is CNCC(C)C(=O)Nc1cc(S(N)(=O)=O)ccc1OC. The number of primary sulfonamides is 1. The molecule has 7 nitrogen and oxygen atoms in total. The molecule has 1 rings (SSSR count). The summed E-state index contributed by atoms with van der Waals surface area (Å²) >= 11 is 0. The second kappa shape index (κ2) is 6.69. The van der Waals surface area contributed by atoms with Gasteiger partial charge in [0.1, 0.15) is 5.75 Å². The molecule has 0 saturated heterocycles. The van der Waals surface area contributed by atoms with Crippen molar-refractivity contribution in [3.63, 3.8) is 0 Å². The number of rotatable bonds is 6. The lowest BCUT2D eigenvalue weighted by Gasteiger charge is -2.14. The number of benzene rings is 1. The van der Waals surface area contributed by atoms with Crippen molar-refractivity contribution < 1.29 is 17.9 Å². The highest BCUT2D eigenvalue weighted by molar-refractivity contribution is 7.89. The molecule has 0 spiro atoms. The lowest BCUT2D eigenvalue weighted by Crippen LogP contribution is -2.28. The van der Waals surface area contributed by atoms with Gasteiger partial charge in [0.05, 0.1) is 17.7 Å². The summed E-state index contributed by atoms with van der Waals surface area (Å²) in [5, 5.41) is 10.6. The third-order valence-corrected chi connectivity index (χ3v) is 3.63. The minimum Gasteiger partial charge on any atom is -0.495 e. The first kappa shape index (κ1) is 16.4. The van der Waals surface area contributed by atoms with E-state index in [0.29, 0.717) is 12.3 Å². The van der Waals surface area contributed by atoms with Crippen LogP contribution in [0.3, 0.4) is 0 Å². The predicted octanol–water partition coefficient (Wildman–Crippen LogP) is 0.137. The van der Waals surface area contributed by atoms with Crippen LogP contribution in [0.25, 0.3) is 0 Å². The largest absolute Gasteiger partial charge is 0.495 e. The van der Waals surface area contributed by atoms with Crippen molar-refractivity contribution in [1.82, 2.24) is 5.32 Å². The topological polar surface area (TPSA) is 111 Å². The number of sulfonamides is 1. The Kier molecular flexibility index (Phi) is 5.49. The fourth-order valence-electron chi connectivity index (χ4n) is 1.62.